The molecule has 0 radical (unpaired) electrons. The summed E-state index contributed by atoms with van der Waals surface area (Å²) in [5.41, 5.74) is 0. The second kappa shape index (κ2) is 21.1. The van der Waals surface area contributed by atoms with E-state index in [1.807, 2.05) is 0 Å². The van der Waals surface area contributed by atoms with Crippen LogP contribution in [-0.2, 0) is 7.05 Å². The molecule has 0 aliphatic rings. The van der Waals surface area contributed by atoms with Crippen molar-refractivity contribution in [3.05, 3.63) is 18.7 Å². The predicted molar refractivity (Wildman–Crippen MR) is 138 cm³/mol. The van der Waals surface area contributed by atoms with Crippen molar-refractivity contribution in [3.8, 4) is 0 Å². The van der Waals surface area contributed by atoms with Crippen molar-refractivity contribution in [1.29, 1.82) is 0 Å². The number of rotatable bonds is 23. The van der Waals surface area contributed by atoms with Gasteiger partial charge in [-0.1, -0.05) is 129 Å². The third-order valence-electron chi connectivity index (χ3n) is 6.99. The van der Waals surface area contributed by atoms with E-state index < -0.39 is 0 Å². The monoisotopic (exact) mass is 433 g/mol. The standard InChI is InChI=1S/C29H57N2/c1-4-6-8-10-12-14-15-16-17-19-21-23-25-29(31-27-26-30(3)28-31)24-22-20-18-13-11-9-7-5-2/h26-29H,4-25H2,1-3H3/q+1. The van der Waals surface area contributed by atoms with Gasteiger partial charge in [0.25, 0.3) is 0 Å². The lowest BCUT2D eigenvalue weighted by atomic mass is 9.99. The van der Waals surface area contributed by atoms with Crippen molar-refractivity contribution < 1.29 is 4.57 Å². The van der Waals surface area contributed by atoms with Crippen LogP contribution in [-0.4, -0.2) is 4.57 Å². The fourth-order valence-electron chi connectivity index (χ4n) is 4.86. The minimum absolute atomic E-state index is 0.712. The highest BCUT2D eigenvalue weighted by molar-refractivity contribution is 4.75. The molecule has 0 aliphatic carbocycles. The summed E-state index contributed by atoms with van der Waals surface area (Å²) >= 11 is 0. The van der Waals surface area contributed by atoms with Gasteiger partial charge in [0.2, 0.25) is 6.33 Å². The molecule has 1 unspecified atom stereocenters. The minimum Gasteiger partial charge on any atom is -0.240 e. The second-order valence-corrected chi connectivity index (χ2v) is 10.1. The molecule has 0 saturated heterocycles. The summed E-state index contributed by atoms with van der Waals surface area (Å²) in [4.78, 5) is 0. The molecular formula is C29H57N2+. The fraction of sp³-hybridized carbons (Fsp3) is 0.897. The van der Waals surface area contributed by atoms with Gasteiger partial charge in [0.1, 0.15) is 18.4 Å². The molecule has 0 N–H and O–H groups in total. The first-order chi connectivity index (χ1) is 15.3. The van der Waals surface area contributed by atoms with E-state index in [-0.39, 0.29) is 0 Å². The Morgan fingerprint density at radius 3 is 1.23 bits per heavy atom. The zero-order valence-electron chi connectivity index (χ0n) is 21.8. The summed E-state index contributed by atoms with van der Waals surface area (Å²) in [5, 5.41) is 0. The minimum atomic E-state index is 0.712. The van der Waals surface area contributed by atoms with Gasteiger partial charge in [-0.25, -0.2) is 9.13 Å². The molecule has 0 fully saturated rings. The van der Waals surface area contributed by atoms with Crippen LogP contribution in [0.5, 0.6) is 0 Å². The Morgan fingerprint density at radius 2 is 0.903 bits per heavy atom. The highest BCUT2D eigenvalue weighted by Crippen LogP contribution is 2.23. The number of aromatic nitrogens is 2. The second-order valence-electron chi connectivity index (χ2n) is 10.1. The molecule has 1 heterocycles. The van der Waals surface area contributed by atoms with Gasteiger partial charge in [-0.3, -0.25) is 0 Å². The van der Waals surface area contributed by atoms with E-state index in [9.17, 15) is 0 Å². The molecule has 1 rings (SSSR count). The van der Waals surface area contributed by atoms with Crippen LogP contribution in [0.1, 0.15) is 161 Å². The van der Waals surface area contributed by atoms with Crippen molar-refractivity contribution >= 4 is 0 Å². The van der Waals surface area contributed by atoms with Gasteiger partial charge in [0.05, 0.1) is 7.05 Å². The first kappa shape index (κ1) is 28.2. The largest absolute Gasteiger partial charge is 0.243 e. The number of hydrogen-bond acceptors (Lipinski definition) is 0. The predicted octanol–water partition coefficient (Wildman–Crippen LogP) is 9.48. The molecule has 1 aromatic rings. The third kappa shape index (κ3) is 16.5. The highest BCUT2D eigenvalue weighted by Gasteiger charge is 2.15. The first-order valence-corrected chi connectivity index (χ1v) is 14.3. The number of aryl methyl sites for hydroxylation is 1. The summed E-state index contributed by atoms with van der Waals surface area (Å²) in [7, 11) is 2.15. The zero-order valence-corrected chi connectivity index (χ0v) is 21.8. The Bertz CT molecular complexity index is 479. The van der Waals surface area contributed by atoms with E-state index in [1.165, 1.54) is 141 Å². The van der Waals surface area contributed by atoms with E-state index in [1.54, 1.807) is 0 Å². The average molecular weight is 434 g/mol. The van der Waals surface area contributed by atoms with Gasteiger partial charge in [0, 0.05) is 0 Å². The summed E-state index contributed by atoms with van der Waals surface area (Å²) in [6.07, 6.45) is 38.2. The van der Waals surface area contributed by atoms with Gasteiger partial charge in [-0.2, -0.15) is 0 Å². The lowest BCUT2D eigenvalue weighted by molar-refractivity contribution is -0.671. The summed E-state index contributed by atoms with van der Waals surface area (Å²) in [5.74, 6) is 0. The Morgan fingerprint density at radius 1 is 0.548 bits per heavy atom. The zero-order chi connectivity index (χ0) is 22.4. The van der Waals surface area contributed by atoms with E-state index in [4.69, 9.17) is 0 Å². The van der Waals surface area contributed by atoms with Crippen LogP contribution in [0, 0.1) is 0 Å². The van der Waals surface area contributed by atoms with Crippen LogP contribution < -0.4 is 4.57 Å². The van der Waals surface area contributed by atoms with E-state index in [0.29, 0.717) is 6.04 Å². The molecule has 0 spiro atoms. The van der Waals surface area contributed by atoms with Gasteiger partial charge in [-0.05, 0) is 25.7 Å². The molecule has 1 atom stereocenters. The first-order valence-electron chi connectivity index (χ1n) is 14.3. The lowest BCUT2D eigenvalue weighted by Gasteiger charge is -2.14. The number of hydrogen-bond donors (Lipinski definition) is 0. The maximum absolute atomic E-state index is 2.49. The van der Waals surface area contributed by atoms with Crippen LogP contribution in [0.15, 0.2) is 18.7 Å². The Labute approximate surface area is 196 Å². The molecule has 2 heteroatoms. The van der Waals surface area contributed by atoms with Crippen molar-refractivity contribution in [2.45, 2.75) is 161 Å². The molecule has 1 aromatic heterocycles. The van der Waals surface area contributed by atoms with Gasteiger partial charge >= 0.3 is 0 Å². The topological polar surface area (TPSA) is 8.81 Å². The quantitative estimate of drug-likeness (QED) is 0.120. The molecule has 0 aromatic carbocycles. The molecule has 31 heavy (non-hydrogen) atoms. The SMILES string of the molecule is CCCCCCCCCCCCCCC(CCCCCCCCCC)n1cc[n+](C)c1. The summed E-state index contributed by atoms with van der Waals surface area (Å²) in [6, 6.07) is 0.712. The van der Waals surface area contributed by atoms with Gasteiger partial charge < -0.3 is 0 Å². The van der Waals surface area contributed by atoms with Crippen LogP contribution in [0.2, 0.25) is 0 Å². The normalized spacial score (nSPS) is 12.5. The number of nitrogens with zero attached hydrogens (tertiary/aromatic N) is 2. The summed E-state index contributed by atoms with van der Waals surface area (Å²) in [6.45, 7) is 4.61. The molecule has 0 bridgehead atoms. The molecule has 0 saturated carbocycles. The number of imidazole rings is 1. The van der Waals surface area contributed by atoms with Crippen molar-refractivity contribution in [2.24, 2.45) is 7.05 Å². The highest BCUT2D eigenvalue weighted by atomic mass is 15.1. The van der Waals surface area contributed by atoms with Crippen LogP contribution in [0.4, 0.5) is 0 Å². The fourth-order valence-corrected chi connectivity index (χ4v) is 4.86. The van der Waals surface area contributed by atoms with Crippen molar-refractivity contribution in [3.63, 3.8) is 0 Å². The van der Waals surface area contributed by atoms with Crippen molar-refractivity contribution in [2.75, 3.05) is 0 Å². The van der Waals surface area contributed by atoms with Crippen LogP contribution in [0.25, 0.3) is 0 Å². The maximum Gasteiger partial charge on any atom is 0.243 e. The van der Waals surface area contributed by atoms with Crippen LogP contribution >= 0.6 is 0 Å². The maximum atomic E-state index is 2.49. The molecule has 2 nitrogen and oxygen atoms in total. The molecule has 0 amide bonds. The van der Waals surface area contributed by atoms with E-state index >= 15 is 0 Å². The molecular weight excluding hydrogens is 376 g/mol. The lowest BCUT2D eigenvalue weighted by Crippen LogP contribution is -2.24. The Kier molecular flexibility index (Phi) is 19.2. The van der Waals surface area contributed by atoms with Crippen LogP contribution in [0.3, 0.4) is 0 Å². The van der Waals surface area contributed by atoms with E-state index in [2.05, 4.69) is 48.8 Å². The summed E-state index contributed by atoms with van der Waals surface area (Å²) < 4.78 is 4.68. The van der Waals surface area contributed by atoms with E-state index in [0.717, 1.165) is 0 Å². The number of unbranched alkanes of at least 4 members (excludes halogenated alkanes) is 18. The smallest absolute Gasteiger partial charge is 0.240 e. The van der Waals surface area contributed by atoms with Gasteiger partial charge in [0.15, 0.2) is 0 Å². The Hall–Kier alpha value is -0.790. The average Bonchev–Trinajstić information content (AvgIpc) is 3.21. The van der Waals surface area contributed by atoms with Crippen molar-refractivity contribution in [1.82, 2.24) is 4.57 Å². The molecule has 182 valence electrons. The molecule has 0 aliphatic heterocycles. The Balaban J connectivity index is 2.08. The third-order valence-corrected chi connectivity index (χ3v) is 6.99. The van der Waals surface area contributed by atoms with Gasteiger partial charge in [-0.15, -0.1) is 0 Å².